The molecule has 0 radical (unpaired) electrons. The molecule has 0 spiro atoms. The number of phenolic OH excluding ortho intramolecular Hbond substituents is 1. The van der Waals surface area contributed by atoms with Crippen molar-refractivity contribution in [1.82, 2.24) is 0 Å². The maximum Gasteiger partial charge on any atom is 0.121 e. The quantitative estimate of drug-likeness (QED) is 0.707. The lowest BCUT2D eigenvalue weighted by Gasteiger charge is -2.19. The number of hydrogen-bond donors (Lipinski definition) is 1. The van der Waals surface area contributed by atoms with Gasteiger partial charge in [-0.05, 0) is 23.1 Å². The van der Waals surface area contributed by atoms with E-state index in [-0.39, 0.29) is 11.2 Å². The molecule has 0 heterocycles. The van der Waals surface area contributed by atoms with Gasteiger partial charge in [-0.15, -0.1) is 0 Å². The van der Waals surface area contributed by atoms with Crippen LogP contribution in [0.2, 0.25) is 0 Å². The number of benzene rings is 1. The molecule has 72 valence electrons. The minimum Gasteiger partial charge on any atom is -0.508 e. The molecule has 1 N–H and O–H groups in total. The second-order valence-corrected chi connectivity index (χ2v) is 4.23. The number of phenols is 1. The smallest absolute Gasteiger partial charge is 0.121 e. The van der Waals surface area contributed by atoms with E-state index < -0.39 is 6.67 Å². The van der Waals surface area contributed by atoms with Gasteiger partial charge in [0.2, 0.25) is 0 Å². The summed E-state index contributed by atoms with van der Waals surface area (Å²) in [5.41, 5.74) is 1.41. The third-order valence-electron chi connectivity index (χ3n) is 2.09. The number of halogens is 1. The van der Waals surface area contributed by atoms with Gasteiger partial charge in [-0.1, -0.05) is 26.8 Å². The van der Waals surface area contributed by atoms with Crippen LogP contribution in [-0.2, 0) is 12.1 Å². The normalized spacial score (nSPS) is 11.7. The Morgan fingerprint density at radius 3 is 2.38 bits per heavy atom. The molecule has 1 nitrogen and oxygen atoms in total. The Hall–Kier alpha value is -1.05. The number of alkyl halides is 1. The lowest BCUT2D eigenvalue weighted by Crippen LogP contribution is -2.11. The molecule has 2 heteroatoms. The summed E-state index contributed by atoms with van der Waals surface area (Å²) in [6.07, 6.45) is 0. The van der Waals surface area contributed by atoms with Crippen molar-refractivity contribution in [3.63, 3.8) is 0 Å². The van der Waals surface area contributed by atoms with Gasteiger partial charge in [-0.25, -0.2) is 4.39 Å². The van der Waals surface area contributed by atoms with Gasteiger partial charge in [0.1, 0.15) is 12.4 Å². The van der Waals surface area contributed by atoms with E-state index >= 15 is 0 Å². The highest BCUT2D eigenvalue weighted by Crippen LogP contribution is 2.27. The van der Waals surface area contributed by atoms with Crippen LogP contribution in [0.15, 0.2) is 18.2 Å². The zero-order valence-electron chi connectivity index (χ0n) is 8.26. The highest BCUT2D eigenvalue weighted by atomic mass is 19.1. The van der Waals surface area contributed by atoms with Crippen molar-refractivity contribution in [1.29, 1.82) is 0 Å². The van der Waals surface area contributed by atoms with Gasteiger partial charge in [0.25, 0.3) is 0 Å². The summed E-state index contributed by atoms with van der Waals surface area (Å²) in [5.74, 6) is 0.0375. The summed E-state index contributed by atoms with van der Waals surface area (Å²) in [4.78, 5) is 0. The second kappa shape index (κ2) is 3.36. The molecule has 0 aliphatic carbocycles. The van der Waals surface area contributed by atoms with Crippen LogP contribution < -0.4 is 0 Å². The molecule has 0 saturated carbocycles. The molecule has 0 unspecified atom stereocenters. The Bertz CT molecular complexity index is 299. The standard InChI is InChI=1S/C11H15FO/c1-11(2,3)9-4-5-10(13)8(6-9)7-12/h4-6,13H,7H2,1-3H3. The lowest BCUT2D eigenvalue weighted by molar-refractivity contribution is 0.431. The van der Waals surface area contributed by atoms with E-state index in [2.05, 4.69) is 20.8 Å². The molecule has 0 bridgehead atoms. The summed E-state index contributed by atoms with van der Waals surface area (Å²) in [7, 11) is 0. The third kappa shape index (κ3) is 2.20. The molecule has 0 saturated heterocycles. The average molecular weight is 182 g/mol. The molecule has 1 rings (SSSR count). The van der Waals surface area contributed by atoms with Gasteiger partial charge in [0.05, 0.1) is 0 Å². The monoisotopic (exact) mass is 182 g/mol. The van der Waals surface area contributed by atoms with Crippen LogP contribution in [0.5, 0.6) is 5.75 Å². The Morgan fingerprint density at radius 1 is 1.31 bits per heavy atom. The molecular weight excluding hydrogens is 167 g/mol. The van der Waals surface area contributed by atoms with Crippen molar-refractivity contribution in [2.45, 2.75) is 32.9 Å². The molecule has 1 aromatic rings. The van der Waals surface area contributed by atoms with Gasteiger partial charge in [0.15, 0.2) is 0 Å². The number of aromatic hydroxyl groups is 1. The predicted octanol–water partition coefficient (Wildman–Crippen LogP) is 3.16. The molecule has 0 atom stereocenters. The largest absolute Gasteiger partial charge is 0.508 e. The van der Waals surface area contributed by atoms with Crippen molar-refractivity contribution in [2.75, 3.05) is 0 Å². The van der Waals surface area contributed by atoms with Gasteiger partial charge < -0.3 is 5.11 Å². The summed E-state index contributed by atoms with van der Waals surface area (Å²) in [6.45, 7) is 5.56. The van der Waals surface area contributed by atoms with Crippen LogP contribution in [0, 0.1) is 0 Å². The fourth-order valence-corrected chi connectivity index (χ4v) is 1.16. The SMILES string of the molecule is CC(C)(C)c1ccc(O)c(CF)c1. The third-order valence-corrected chi connectivity index (χ3v) is 2.09. The first-order valence-corrected chi connectivity index (χ1v) is 4.33. The van der Waals surface area contributed by atoms with Crippen LogP contribution in [-0.4, -0.2) is 5.11 Å². The Labute approximate surface area is 78.2 Å². The van der Waals surface area contributed by atoms with Gasteiger partial charge in [-0.3, -0.25) is 0 Å². The van der Waals surface area contributed by atoms with E-state index in [0.717, 1.165) is 5.56 Å². The van der Waals surface area contributed by atoms with E-state index in [9.17, 15) is 9.50 Å². The van der Waals surface area contributed by atoms with Crippen molar-refractivity contribution in [3.05, 3.63) is 29.3 Å². The number of hydrogen-bond acceptors (Lipinski definition) is 1. The second-order valence-electron chi connectivity index (χ2n) is 4.23. The highest BCUT2D eigenvalue weighted by molar-refractivity contribution is 5.38. The van der Waals surface area contributed by atoms with Crippen LogP contribution in [0.3, 0.4) is 0 Å². The van der Waals surface area contributed by atoms with Crippen LogP contribution in [0.1, 0.15) is 31.9 Å². The lowest BCUT2D eigenvalue weighted by atomic mass is 9.86. The average Bonchev–Trinajstić information content (AvgIpc) is 2.03. The Morgan fingerprint density at radius 2 is 1.92 bits per heavy atom. The molecule has 13 heavy (non-hydrogen) atoms. The van der Waals surface area contributed by atoms with Gasteiger partial charge >= 0.3 is 0 Å². The summed E-state index contributed by atoms with van der Waals surface area (Å²) >= 11 is 0. The first kappa shape index (κ1) is 10.0. The first-order valence-electron chi connectivity index (χ1n) is 4.33. The van der Waals surface area contributed by atoms with Crippen LogP contribution in [0.25, 0.3) is 0 Å². The Kier molecular flexibility index (Phi) is 2.60. The zero-order chi connectivity index (χ0) is 10.1. The van der Waals surface area contributed by atoms with Crippen molar-refractivity contribution >= 4 is 0 Å². The minimum absolute atomic E-state index is 0.00236. The molecule has 0 aliphatic heterocycles. The summed E-state index contributed by atoms with van der Waals surface area (Å²) in [5, 5.41) is 9.26. The van der Waals surface area contributed by atoms with E-state index in [1.54, 1.807) is 12.1 Å². The van der Waals surface area contributed by atoms with E-state index in [1.165, 1.54) is 0 Å². The fraction of sp³-hybridized carbons (Fsp3) is 0.455. The molecule has 0 aromatic heterocycles. The van der Waals surface area contributed by atoms with Crippen molar-refractivity contribution < 1.29 is 9.50 Å². The molecule has 0 amide bonds. The van der Waals surface area contributed by atoms with Crippen LogP contribution >= 0.6 is 0 Å². The maximum atomic E-state index is 12.4. The van der Waals surface area contributed by atoms with E-state index in [1.807, 2.05) is 6.07 Å². The predicted molar refractivity (Wildman–Crippen MR) is 51.6 cm³/mol. The van der Waals surface area contributed by atoms with Crippen LogP contribution in [0.4, 0.5) is 4.39 Å². The fourth-order valence-electron chi connectivity index (χ4n) is 1.16. The zero-order valence-corrected chi connectivity index (χ0v) is 8.26. The van der Waals surface area contributed by atoms with Crippen molar-refractivity contribution in [3.8, 4) is 5.75 Å². The van der Waals surface area contributed by atoms with E-state index in [0.29, 0.717) is 5.56 Å². The Balaban J connectivity index is 3.14. The summed E-state index contributed by atoms with van der Waals surface area (Å²) in [6, 6.07) is 5.10. The molecule has 1 aromatic carbocycles. The first-order chi connectivity index (χ1) is 5.95. The van der Waals surface area contributed by atoms with Gasteiger partial charge in [-0.2, -0.15) is 0 Å². The van der Waals surface area contributed by atoms with E-state index in [4.69, 9.17) is 0 Å². The number of rotatable bonds is 1. The van der Waals surface area contributed by atoms with Crippen molar-refractivity contribution in [2.24, 2.45) is 0 Å². The highest BCUT2D eigenvalue weighted by Gasteiger charge is 2.14. The topological polar surface area (TPSA) is 20.2 Å². The van der Waals surface area contributed by atoms with Gasteiger partial charge in [0, 0.05) is 5.56 Å². The molecule has 0 fully saturated rings. The molecular formula is C11H15FO. The maximum absolute atomic E-state index is 12.4. The molecule has 0 aliphatic rings. The minimum atomic E-state index is -0.615. The summed E-state index contributed by atoms with van der Waals surface area (Å²) < 4.78 is 12.4.